The minimum atomic E-state index is -1.03. The summed E-state index contributed by atoms with van der Waals surface area (Å²) in [5.41, 5.74) is 6.60. The van der Waals surface area contributed by atoms with Gasteiger partial charge in [0.25, 0.3) is 5.91 Å². The van der Waals surface area contributed by atoms with Gasteiger partial charge in [-0.05, 0) is 55.5 Å². The van der Waals surface area contributed by atoms with Crippen molar-refractivity contribution in [3.05, 3.63) is 59.7 Å². The first kappa shape index (κ1) is 18.5. The van der Waals surface area contributed by atoms with Gasteiger partial charge in [0.2, 0.25) is 0 Å². The molecular weight excluding hydrogens is 336 g/mol. The largest absolute Gasteiger partial charge is 0.449 e. The normalized spacial score (nSPS) is 10.9. The second-order valence-electron chi connectivity index (χ2n) is 5.29. The van der Waals surface area contributed by atoms with Gasteiger partial charge in [-0.3, -0.25) is 4.79 Å². The van der Waals surface area contributed by atoms with E-state index in [2.05, 4.69) is 10.6 Å². The van der Waals surface area contributed by atoms with Crippen LogP contribution in [-0.2, 0) is 9.53 Å². The van der Waals surface area contributed by atoms with Crippen molar-refractivity contribution in [2.75, 3.05) is 10.6 Å². The van der Waals surface area contributed by atoms with Gasteiger partial charge in [-0.2, -0.15) is 5.26 Å². The molecule has 2 rings (SSSR count). The summed E-state index contributed by atoms with van der Waals surface area (Å²) in [7, 11) is 0. The Kier molecular flexibility index (Phi) is 5.90. The summed E-state index contributed by atoms with van der Waals surface area (Å²) in [6.07, 6.45) is -1.03. The predicted molar refractivity (Wildman–Crippen MR) is 94.3 cm³/mol. The number of nitriles is 1. The second-order valence-corrected chi connectivity index (χ2v) is 5.29. The van der Waals surface area contributed by atoms with Crippen LogP contribution in [0.2, 0.25) is 0 Å². The third-order valence-corrected chi connectivity index (χ3v) is 3.32. The van der Waals surface area contributed by atoms with Crippen LogP contribution < -0.4 is 16.4 Å². The van der Waals surface area contributed by atoms with Gasteiger partial charge < -0.3 is 21.1 Å². The molecule has 0 saturated heterocycles. The summed E-state index contributed by atoms with van der Waals surface area (Å²) in [6, 6.07) is 13.4. The topological polar surface area (TPSA) is 134 Å². The summed E-state index contributed by atoms with van der Waals surface area (Å²) in [6.45, 7) is 1.44. The van der Waals surface area contributed by atoms with Gasteiger partial charge in [-0.25, -0.2) is 9.59 Å². The Balaban J connectivity index is 1.93. The Morgan fingerprint density at radius 2 is 1.54 bits per heavy atom. The Bertz CT molecular complexity index is 854. The van der Waals surface area contributed by atoms with Gasteiger partial charge in [0.05, 0.1) is 17.2 Å². The van der Waals surface area contributed by atoms with Crippen molar-refractivity contribution in [2.45, 2.75) is 13.0 Å². The Hall–Kier alpha value is -3.86. The molecule has 0 aromatic heterocycles. The van der Waals surface area contributed by atoms with Crippen LogP contribution in [0.3, 0.4) is 0 Å². The first-order chi connectivity index (χ1) is 12.4. The van der Waals surface area contributed by atoms with Crippen molar-refractivity contribution < 1.29 is 19.1 Å². The average Bonchev–Trinajstić information content (AvgIpc) is 2.62. The number of ether oxygens (including phenoxy) is 1. The molecule has 26 heavy (non-hydrogen) atoms. The maximum absolute atomic E-state index is 12.1. The third kappa shape index (κ3) is 5.07. The highest BCUT2D eigenvalue weighted by atomic mass is 16.5. The van der Waals surface area contributed by atoms with Crippen molar-refractivity contribution in [1.29, 1.82) is 5.26 Å². The maximum Gasteiger partial charge on any atom is 0.338 e. The SMILES string of the molecule is C[C@H](OC(=O)c1ccc(NC(N)=O)cc1)C(=O)Nc1ccc(C#N)cc1. The summed E-state index contributed by atoms with van der Waals surface area (Å²) in [4.78, 5) is 34.9. The molecule has 8 nitrogen and oxygen atoms in total. The molecule has 2 aromatic rings. The number of hydrogen-bond acceptors (Lipinski definition) is 5. The fourth-order valence-electron chi connectivity index (χ4n) is 1.99. The number of amides is 3. The zero-order valence-corrected chi connectivity index (χ0v) is 13.9. The fourth-order valence-corrected chi connectivity index (χ4v) is 1.99. The molecule has 0 aliphatic rings. The van der Waals surface area contributed by atoms with Gasteiger partial charge in [-0.1, -0.05) is 0 Å². The van der Waals surface area contributed by atoms with Crippen molar-refractivity contribution in [3.63, 3.8) is 0 Å². The number of anilines is 2. The number of benzene rings is 2. The highest BCUT2D eigenvalue weighted by Crippen LogP contribution is 2.13. The van der Waals surface area contributed by atoms with E-state index < -0.39 is 24.0 Å². The lowest BCUT2D eigenvalue weighted by atomic mass is 10.2. The second kappa shape index (κ2) is 8.30. The summed E-state index contributed by atoms with van der Waals surface area (Å²) >= 11 is 0. The summed E-state index contributed by atoms with van der Waals surface area (Å²) in [5.74, 6) is -1.19. The number of primary amides is 1. The first-order valence-electron chi connectivity index (χ1n) is 7.57. The summed E-state index contributed by atoms with van der Waals surface area (Å²) in [5, 5.41) is 13.7. The highest BCUT2D eigenvalue weighted by Gasteiger charge is 2.19. The van der Waals surface area contributed by atoms with Crippen LogP contribution >= 0.6 is 0 Å². The lowest BCUT2D eigenvalue weighted by molar-refractivity contribution is -0.123. The van der Waals surface area contributed by atoms with Crippen LogP contribution in [0, 0.1) is 11.3 Å². The van der Waals surface area contributed by atoms with E-state index in [-0.39, 0.29) is 5.56 Å². The maximum atomic E-state index is 12.1. The molecule has 0 saturated carbocycles. The zero-order chi connectivity index (χ0) is 19.1. The third-order valence-electron chi connectivity index (χ3n) is 3.32. The molecule has 0 bridgehead atoms. The average molecular weight is 352 g/mol. The van der Waals surface area contributed by atoms with Gasteiger partial charge in [-0.15, -0.1) is 0 Å². The Labute approximate surface area is 149 Å². The number of nitrogens with two attached hydrogens (primary N) is 1. The molecule has 0 fully saturated rings. The van der Waals surface area contributed by atoms with E-state index in [4.69, 9.17) is 15.7 Å². The van der Waals surface area contributed by atoms with Crippen molar-refractivity contribution in [1.82, 2.24) is 0 Å². The molecular formula is C18H16N4O4. The van der Waals surface area contributed by atoms with Gasteiger partial charge in [0.15, 0.2) is 6.10 Å². The molecule has 0 heterocycles. The van der Waals surface area contributed by atoms with Crippen LogP contribution in [0.4, 0.5) is 16.2 Å². The van der Waals surface area contributed by atoms with Gasteiger partial charge in [0.1, 0.15) is 0 Å². The quantitative estimate of drug-likeness (QED) is 0.709. The molecule has 2 aromatic carbocycles. The molecule has 1 atom stereocenters. The Morgan fingerprint density at radius 1 is 1.00 bits per heavy atom. The van der Waals surface area contributed by atoms with Crippen molar-refractivity contribution in [3.8, 4) is 6.07 Å². The molecule has 0 unspecified atom stereocenters. The molecule has 132 valence electrons. The molecule has 4 N–H and O–H groups in total. The van der Waals surface area contributed by atoms with Crippen LogP contribution in [0.15, 0.2) is 48.5 Å². The highest BCUT2D eigenvalue weighted by molar-refractivity contribution is 5.97. The van der Waals surface area contributed by atoms with E-state index in [0.717, 1.165) is 0 Å². The molecule has 0 spiro atoms. The molecule has 0 radical (unpaired) electrons. The van der Waals surface area contributed by atoms with E-state index in [9.17, 15) is 14.4 Å². The van der Waals surface area contributed by atoms with E-state index in [1.54, 1.807) is 24.3 Å². The minimum Gasteiger partial charge on any atom is -0.449 e. The summed E-state index contributed by atoms with van der Waals surface area (Å²) < 4.78 is 5.12. The van der Waals surface area contributed by atoms with E-state index in [0.29, 0.717) is 16.9 Å². The van der Waals surface area contributed by atoms with E-state index >= 15 is 0 Å². The van der Waals surface area contributed by atoms with Crippen LogP contribution in [0.5, 0.6) is 0 Å². The number of nitrogens with zero attached hydrogens (tertiary/aromatic N) is 1. The zero-order valence-electron chi connectivity index (χ0n) is 13.9. The lowest BCUT2D eigenvalue weighted by Crippen LogP contribution is -2.30. The number of carbonyl (C=O) groups excluding carboxylic acids is 3. The molecule has 0 aliphatic heterocycles. The standard InChI is InChI=1S/C18H16N4O4/c1-11(16(23)21-14-6-2-12(10-19)3-7-14)26-17(24)13-4-8-15(9-5-13)22-18(20)25/h2-9,11H,1H3,(H,21,23)(H3,20,22,25)/t11-/m0/s1. The van der Waals surface area contributed by atoms with Crippen LogP contribution in [0.1, 0.15) is 22.8 Å². The number of urea groups is 1. The predicted octanol–water partition coefficient (Wildman–Crippen LogP) is 2.23. The van der Waals surface area contributed by atoms with E-state index in [1.165, 1.54) is 31.2 Å². The van der Waals surface area contributed by atoms with Crippen molar-refractivity contribution >= 4 is 29.3 Å². The van der Waals surface area contributed by atoms with Crippen molar-refractivity contribution in [2.24, 2.45) is 5.73 Å². The molecule has 0 aliphatic carbocycles. The monoisotopic (exact) mass is 352 g/mol. The van der Waals surface area contributed by atoms with Crippen LogP contribution in [0.25, 0.3) is 0 Å². The fraction of sp³-hybridized carbons (Fsp3) is 0.111. The number of nitrogens with one attached hydrogen (secondary N) is 2. The first-order valence-corrected chi connectivity index (χ1v) is 7.57. The minimum absolute atomic E-state index is 0.220. The molecule has 3 amide bonds. The van der Waals surface area contributed by atoms with Crippen LogP contribution in [-0.4, -0.2) is 24.0 Å². The lowest BCUT2D eigenvalue weighted by Gasteiger charge is -2.14. The number of esters is 1. The van der Waals surface area contributed by atoms with Gasteiger partial charge in [0, 0.05) is 11.4 Å². The Morgan fingerprint density at radius 3 is 2.08 bits per heavy atom. The number of hydrogen-bond donors (Lipinski definition) is 3. The molecule has 8 heteroatoms. The number of carbonyl (C=O) groups is 3. The van der Waals surface area contributed by atoms with E-state index in [1.807, 2.05) is 6.07 Å². The van der Waals surface area contributed by atoms with Gasteiger partial charge >= 0.3 is 12.0 Å². The number of rotatable bonds is 5. The smallest absolute Gasteiger partial charge is 0.338 e.